The minimum Gasteiger partial charge on any atom is -0.463 e. The smallest absolute Gasteiger partial charge is 0.303 e. The van der Waals surface area contributed by atoms with Gasteiger partial charge in [0.25, 0.3) is 0 Å². The van der Waals surface area contributed by atoms with Crippen molar-refractivity contribution in [1.82, 2.24) is 5.32 Å². The van der Waals surface area contributed by atoms with E-state index in [0.717, 1.165) is 69.2 Å². The van der Waals surface area contributed by atoms with Gasteiger partial charge in [0.1, 0.15) is 50.3 Å². The van der Waals surface area contributed by atoms with Gasteiger partial charge < -0.3 is 76.7 Å². The highest BCUT2D eigenvalue weighted by Gasteiger charge is 2.59. The van der Waals surface area contributed by atoms with Crippen LogP contribution in [0.25, 0.3) is 0 Å². The molecule has 0 aromatic rings. The Balaban J connectivity index is 2.23. The molecule has 26 nitrogen and oxygen atoms in total. The molecule has 3 saturated heterocycles. The molecule has 15 atom stereocenters. The van der Waals surface area contributed by atoms with Gasteiger partial charge in [0.05, 0.1) is 0 Å². The second-order valence-corrected chi connectivity index (χ2v) is 14.4. The highest BCUT2D eigenvalue weighted by molar-refractivity contribution is 5.74. The zero-order chi connectivity index (χ0) is 48.2. The number of esters is 9. The average molecular weight is 924 g/mol. The van der Waals surface area contributed by atoms with E-state index in [2.05, 4.69) is 5.32 Å². The van der Waals surface area contributed by atoms with Crippen molar-refractivity contribution in [2.45, 2.75) is 161 Å². The maximum absolute atomic E-state index is 12.9. The van der Waals surface area contributed by atoms with Crippen LogP contribution >= 0.6 is 0 Å². The van der Waals surface area contributed by atoms with Gasteiger partial charge in [-0.05, 0) is 0 Å². The molecular formula is C38H53NO25. The zero-order valence-corrected chi connectivity index (χ0v) is 36.5. The fourth-order valence-corrected chi connectivity index (χ4v) is 6.88. The summed E-state index contributed by atoms with van der Waals surface area (Å²) < 4.78 is 78.8. The van der Waals surface area contributed by atoms with Crippen LogP contribution in [0.3, 0.4) is 0 Å². The Morgan fingerprint density at radius 1 is 0.391 bits per heavy atom. The van der Waals surface area contributed by atoms with Gasteiger partial charge in [-0.25, -0.2) is 0 Å². The third-order valence-corrected chi connectivity index (χ3v) is 8.96. The van der Waals surface area contributed by atoms with E-state index in [1.54, 1.807) is 0 Å². The standard InChI is InChI=1S/C38H53NO25/c1-14(40)39-27-31(56-20(7)46)28(63-38-35(59-23(10)49)33(58-22(9)48)30(55-19(6)45)26(62-38)13-53-17(4)43)25(12-52-16(3)42)61-37(27)64-34-32(57-21(8)47)29(54-18(5)44)24(60-36(34)50)11-51-15(2)41/h24-38,50H,11-13H2,1-10H3,(H,39,40)/t24-,25+,26+,27+,28+,29-,30+,31+,32+,33-,34-,35+,36-,37-,38-/m1/s1. The lowest BCUT2D eigenvalue weighted by Crippen LogP contribution is -2.70. The lowest BCUT2D eigenvalue weighted by Gasteiger charge is -2.50. The zero-order valence-electron chi connectivity index (χ0n) is 36.5. The number of hydrogen-bond acceptors (Lipinski definition) is 25. The van der Waals surface area contributed by atoms with Gasteiger partial charge in [0, 0.05) is 69.2 Å². The Bertz CT molecular complexity index is 1740. The third kappa shape index (κ3) is 15.6. The maximum Gasteiger partial charge on any atom is 0.303 e. The number of nitrogens with one attached hydrogen (secondary N) is 1. The Kier molecular flexibility index (Phi) is 19.8. The Hall–Kier alpha value is -5.54. The van der Waals surface area contributed by atoms with Crippen molar-refractivity contribution in [1.29, 1.82) is 0 Å². The molecule has 2 N–H and O–H groups in total. The number of amides is 1. The molecular weight excluding hydrogens is 870 g/mol. The van der Waals surface area contributed by atoms with E-state index in [1.807, 2.05) is 0 Å². The van der Waals surface area contributed by atoms with Crippen LogP contribution in [0.5, 0.6) is 0 Å². The lowest BCUT2D eigenvalue weighted by molar-refractivity contribution is -0.370. The fourth-order valence-electron chi connectivity index (χ4n) is 6.88. The molecule has 0 unspecified atom stereocenters. The summed E-state index contributed by atoms with van der Waals surface area (Å²) in [6.45, 7) is 8.03. The Labute approximate surface area is 365 Å². The van der Waals surface area contributed by atoms with E-state index in [-0.39, 0.29) is 0 Å². The van der Waals surface area contributed by atoms with Crippen LogP contribution in [0.15, 0.2) is 0 Å². The van der Waals surface area contributed by atoms with Crippen molar-refractivity contribution in [2.24, 2.45) is 0 Å². The third-order valence-electron chi connectivity index (χ3n) is 8.96. The van der Waals surface area contributed by atoms with E-state index < -0.39 is 172 Å². The number of carbonyl (C=O) groups is 10. The van der Waals surface area contributed by atoms with Crippen LogP contribution < -0.4 is 5.32 Å². The number of aliphatic hydroxyl groups is 1. The van der Waals surface area contributed by atoms with Gasteiger partial charge in [-0.1, -0.05) is 0 Å². The topological polar surface area (TPSA) is 332 Å². The molecule has 3 aliphatic rings. The second kappa shape index (κ2) is 23.9. The first-order chi connectivity index (χ1) is 29.9. The van der Waals surface area contributed by atoms with E-state index >= 15 is 0 Å². The summed E-state index contributed by atoms with van der Waals surface area (Å²) in [5.74, 6) is -9.15. The van der Waals surface area contributed by atoms with Crippen molar-refractivity contribution >= 4 is 59.6 Å². The molecule has 64 heavy (non-hydrogen) atoms. The van der Waals surface area contributed by atoms with Crippen molar-refractivity contribution in [3.05, 3.63) is 0 Å². The summed E-state index contributed by atoms with van der Waals surface area (Å²) in [6, 6.07) is -1.72. The van der Waals surface area contributed by atoms with Crippen molar-refractivity contribution in [2.75, 3.05) is 19.8 Å². The molecule has 1 amide bonds. The Morgan fingerprint density at radius 2 is 0.719 bits per heavy atom. The highest BCUT2D eigenvalue weighted by atomic mass is 16.8. The first kappa shape index (κ1) is 52.8. The molecule has 3 heterocycles. The number of ether oxygens (including phenoxy) is 14. The molecule has 3 fully saturated rings. The quantitative estimate of drug-likeness (QED) is 0.114. The number of aliphatic hydroxyl groups excluding tert-OH is 1. The van der Waals surface area contributed by atoms with Crippen LogP contribution in [0.2, 0.25) is 0 Å². The second-order valence-electron chi connectivity index (χ2n) is 14.4. The molecule has 26 heteroatoms. The molecule has 3 rings (SSSR count). The molecule has 0 bridgehead atoms. The lowest BCUT2D eigenvalue weighted by atomic mass is 9.94. The normalized spacial score (nSPS) is 32.3. The van der Waals surface area contributed by atoms with E-state index in [9.17, 15) is 53.1 Å². The first-order valence-electron chi connectivity index (χ1n) is 19.5. The molecule has 3 aliphatic heterocycles. The van der Waals surface area contributed by atoms with Gasteiger partial charge in [-0.3, -0.25) is 47.9 Å². The van der Waals surface area contributed by atoms with E-state index in [0.29, 0.717) is 0 Å². The summed E-state index contributed by atoms with van der Waals surface area (Å²) >= 11 is 0. The molecule has 0 aromatic heterocycles. The molecule has 0 radical (unpaired) electrons. The molecule has 0 saturated carbocycles. The summed E-state index contributed by atoms with van der Waals surface area (Å²) in [4.78, 5) is 124. The summed E-state index contributed by atoms with van der Waals surface area (Å²) in [5, 5.41) is 13.8. The van der Waals surface area contributed by atoms with Crippen molar-refractivity contribution in [3.8, 4) is 0 Å². The van der Waals surface area contributed by atoms with Gasteiger partial charge in [0.15, 0.2) is 61.6 Å². The SMILES string of the molecule is CC(=O)N[C@@H]1[C@@H](O[C@@H]2[C@@H](OC(C)=O)[C@H](OC(C)=O)[C@@H](COC(C)=O)O[C@H]2O)O[C@@H](COC(C)=O)[C@H](O[C@H]2O[C@@H](COC(C)=O)[C@H](OC(C)=O)[C@@H](OC(C)=O)[C@@H]2OC(C)=O)[C@H]1OC(C)=O. The number of hydrogen-bond donors (Lipinski definition) is 2. The highest BCUT2D eigenvalue weighted by Crippen LogP contribution is 2.37. The molecule has 0 spiro atoms. The van der Waals surface area contributed by atoms with Crippen LogP contribution in [-0.4, -0.2) is 177 Å². The van der Waals surface area contributed by atoms with Gasteiger partial charge in [-0.15, -0.1) is 0 Å². The molecule has 0 aliphatic carbocycles. The molecule has 360 valence electrons. The van der Waals surface area contributed by atoms with Gasteiger partial charge >= 0.3 is 53.7 Å². The van der Waals surface area contributed by atoms with Crippen LogP contribution in [0.4, 0.5) is 0 Å². The van der Waals surface area contributed by atoms with Crippen molar-refractivity contribution in [3.63, 3.8) is 0 Å². The fraction of sp³-hybridized carbons (Fsp3) is 0.737. The monoisotopic (exact) mass is 923 g/mol. The first-order valence-corrected chi connectivity index (χ1v) is 19.5. The summed E-state index contributed by atoms with van der Waals surface area (Å²) in [7, 11) is 0. The van der Waals surface area contributed by atoms with Crippen LogP contribution in [-0.2, 0) is 114 Å². The summed E-state index contributed by atoms with van der Waals surface area (Å²) in [6.07, 6.45) is -24.7. The minimum atomic E-state index is -2.11. The Morgan fingerprint density at radius 3 is 1.12 bits per heavy atom. The van der Waals surface area contributed by atoms with Crippen LogP contribution in [0, 0.1) is 0 Å². The van der Waals surface area contributed by atoms with Crippen molar-refractivity contribution < 1.29 is 119 Å². The van der Waals surface area contributed by atoms with Crippen LogP contribution in [0.1, 0.15) is 69.2 Å². The number of carbonyl (C=O) groups excluding carboxylic acids is 10. The van der Waals surface area contributed by atoms with E-state index in [4.69, 9.17) is 66.3 Å². The number of rotatable bonds is 17. The predicted octanol–water partition coefficient (Wildman–Crippen LogP) is -2.29. The average Bonchev–Trinajstić information content (AvgIpc) is 3.14. The van der Waals surface area contributed by atoms with Gasteiger partial charge in [-0.2, -0.15) is 0 Å². The van der Waals surface area contributed by atoms with Gasteiger partial charge in [0.2, 0.25) is 5.91 Å². The minimum absolute atomic E-state index is 0.611. The maximum atomic E-state index is 12.9. The molecule has 0 aromatic carbocycles. The summed E-state index contributed by atoms with van der Waals surface area (Å²) in [5.41, 5.74) is 0. The van der Waals surface area contributed by atoms with E-state index in [1.165, 1.54) is 0 Å². The predicted molar refractivity (Wildman–Crippen MR) is 199 cm³/mol. The largest absolute Gasteiger partial charge is 0.463 e.